The standard InChI is InChI=1S/C28H37N3O3/c32-28(33)27(24-11-6-16-29-26(24)21-8-5-9-21)31-17-15-23(19-31)34-18-4-3-10-22-14-13-20-7-1-2-12-25(20)30-22/h6,11,13-14,16,21,23,27H,1-5,7-10,12,15,17-19H2,(H,32,33)/t23-,27?/m1/s1. The molecule has 2 aliphatic carbocycles. The predicted molar refractivity (Wildman–Crippen MR) is 131 cm³/mol. The maximum atomic E-state index is 12.3. The zero-order chi connectivity index (χ0) is 23.3. The molecule has 3 heterocycles. The Balaban J connectivity index is 1.09. The summed E-state index contributed by atoms with van der Waals surface area (Å²) in [5, 5.41) is 10.1. The van der Waals surface area contributed by atoms with E-state index < -0.39 is 12.0 Å². The van der Waals surface area contributed by atoms with Crippen molar-refractivity contribution in [1.82, 2.24) is 14.9 Å². The average molecular weight is 464 g/mol. The Morgan fingerprint density at radius 2 is 2.00 bits per heavy atom. The maximum absolute atomic E-state index is 12.3. The number of nitrogens with zero attached hydrogens (tertiary/aromatic N) is 3. The number of pyridine rings is 2. The monoisotopic (exact) mass is 463 g/mol. The van der Waals surface area contributed by atoms with Crippen LogP contribution in [-0.4, -0.2) is 51.7 Å². The molecule has 1 saturated heterocycles. The predicted octanol–water partition coefficient (Wildman–Crippen LogP) is 4.86. The van der Waals surface area contributed by atoms with Crippen LogP contribution >= 0.6 is 0 Å². The topological polar surface area (TPSA) is 75.5 Å². The molecule has 6 heteroatoms. The fourth-order valence-corrected chi connectivity index (χ4v) is 5.72. The summed E-state index contributed by atoms with van der Waals surface area (Å²) in [6.07, 6.45) is 14.2. The van der Waals surface area contributed by atoms with E-state index in [9.17, 15) is 9.90 Å². The number of likely N-dealkylation sites (tertiary alicyclic amines) is 1. The summed E-state index contributed by atoms with van der Waals surface area (Å²) >= 11 is 0. The molecule has 34 heavy (non-hydrogen) atoms. The number of aromatic nitrogens is 2. The van der Waals surface area contributed by atoms with Gasteiger partial charge in [-0.1, -0.05) is 18.6 Å². The van der Waals surface area contributed by atoms with Crippen molar-refractivity contribution < 1.29 is 14.6 Å². The molecule has 5 rings (SSSR count). The number of aryl methyl sites for hydroxylation is 3. The number of carbonyl (C=O) groups is 1. The lowest BCUT2D eigenvalue weighted by molar-refractivity contribution is -0.143. The summed E-state index contributed by atoms with van der Waals surface area (Å²) in [6, 6.07) is 7.67. The van der Waals surface area contributed by atoms with Crippen LogP contribution in [0.1, 0.15) is 91.5 Å². The van der Waals surface area contributed by atoms with Gasteiger partial charge in [0.25, 0.3) is 0 Å². The van der Waals surface area contributed by atoms with E-state index in [1.165, 1.54) is 42.6 Å². The Bertz CT molecular complexity index is 991. The highest BCUT2D eigenvalue weighted by molar-refractivity contribution is 5.76. The van der Waals surface area contributed by atoms with E-state index in [1.54, 1.807) is 6.20 Å². The molecule has 0 spiro atoms. The summed E-state index contributed by atoms with van der Waals surface area (Å²) in [4.78, 5) is 23.8. The van der Waals surface area contributed by atoms with E-state index in [1.807, 2.05) is 12.1 Å². The van der Waals surface area contributed by atoms with Crippen molar-refractivity contribution >= 4 is 5.97 Å². The molecule has 1 aliphatic heterocycles. The van der Waals surface area contributed by atoms with Crippen LogP contribution in [0.15, 0.2) is 30.5 Å². The number of hydrogen-bond donors (Lipinski definition) is 1. The van der Waals surface area contributed by atoms with Crippen LogP contribution < -0.4 is 0 Å². The maximum Gasteiger partial charge on any atom is 0.325 e. The molecule has 2 fully saturated rings. The second-order valence-corrected chi connectivity index (χ2v) is 10.2. The smallest absolute Gasteiger partial charge is 0.325 e. The van der Waals surface area contributed by atoms with E-state index >= 15 is 0 Å². The normalized spacial score (nSPS) is 21.7. The minimum atomic E-state index is -0.785. The summed E-state index contributed by atoms with van der Waals surface area (Å²) in [5.41, 5.74) is 5.82. The minimum Gasteiger partial charge on any atom is -0.480 e. The van der Waals surface area contributed by atoms with Gasteiger partial charge in [-0.15, -0.1) is 0 Å². The molecule has 1 N–H and O–H groups in total. The largest absolute Gasteiger partial charge is 0.480 e. The van der Waals surface area contributed by atoms with Crippen molar-refractivity contribution in [2.75, 3.05) is 19.7 Å². The molecular formula is C28H37N3O3. The van der Waals surface area contributed by atoms with Gasteiger partial charge in [0.05, 0.1) is 6.10 Å². The van der Waals surface area contributed by atoms with Gasteiger partial charge in [-0.05, 0) is 81.9 Å². The lowest BCUT2D eigenvalue weighted by atomic mass is 9.80. The van der Waals surface area contributed by atoms with E-state index in [-0.39, 0.29) is 6.10 Å². The van der Waals surface area contributed by atoms with Gasteiger partial charge < -0.3 is 9.84 Å². The first kappa shape index (κ1) is 23.4. The number of carboxylic acids is 1. The Morgan fingerprint density at radius 3 is 2.82 bits per heavy atom. The van der Waals surface area contributed by atoms with Crippen LogP contribution in [0.4, 0.5) is 0 Å². The Labute approximate surface area is 202 Å². The molecule has 3 aliphatic rings. The molecule has 6 nitrogen and oxygen atoms in total. The van der Waals surface area contributed by atoms with Gasteiger partial charge in [-0.25, -0.2) is 0 Å². The van der Waals surface area contributed by atoms with Gasteiger partial charge in [0, 0.05) is 54.5 Å². The number of rotatable bonds is 10. The van der Waals surface area contributed by atoms with E-state index in [0.717, 1.165) is 69.4 Å². The molecule has 2 atom stereocenters. The number of unbranched alkanes of at least 4 members (excludes halogenated alkanes) is 1. The second-order valence-electron chi connectivity index (χ2n) is 10.2. The van der Waals surface area contributed by atoms with Gasteiger partial charge >= 0.3 is 5.97 Å². The zero-order valence-electron chi connectivity index (χ0n) is 20.1. The fraction of sp³-hybridized carbons (Fsp3) is 0.607. The molecule has 0 aromatic carbocycles. The molecule has 1 unspecified atom stereocenters. The van der Waals surface area contributed by atoms with Crippen LogP contribution in [0.2, 0.25) is 0 Å². The van der Waals surface area contributed by atoms with E-state index in [2.05, 4.69) is 22.0 Å². The van der Waals surface area contributed by atoms with E-state index in [0.29, 0.717) is 12.5 Å². The SMILES string of the molecule is O=C(O)C(c1cccnc1C1CCC1)N1CC[C@@H](OCCCCc2ccc3c(n2)CCCC3)C1. The first-order valence-corrected chi connectivity index (χ1v) is 13.2. The van der Waals surface area contributed by atoms with Gasteiger partial charge in [-0.3, -0.25) is 19.7 Å². The zero-order valence-corrected chi connectivity index (χ0v) is 20.1. The van der Waals surface area contributed by atoms with Crippen molar-refractivity contribution in [3.63, 3.8) is 0 Å². The van der Waals surface area contributed by atoms with Crippen molar-refractivity contribution in [3.05, 3.63) is 58.7 Å². The molecule has 0 radical (unpaired) electrons. The van der Waals surface area contributed by atoms with Crippen molar-refractivity contribution in [2.45, 2.75) is 88.7 Å². The molecule has 2 aromatic heterocycles. The number of ether oxygens (including phenoxy) is 1. The average Bonchev–Trinajstić information content (AvgIpc) is 3.27. The Morgan fingerprint density at radius 1 is 1.12 bits per heavy atom. The lowest BCUT2D eigenvalue weighted by Gasteiger charge is -2.31. The molecule has 0 amide bonds. The number of carboxylic acid groups (broad SMARTS) is 1. The Hall–Kier alpha value is -2.31. The fourth-order valence-electron chi connectivity index (χ4n) is 5.72. The summed E-state index contributed by atoms with van der Waals surface area (Å²) in [5.74, 6) is -0.371. The van der Waals surface area contributed by atoms with Gasteiger partial charge in [0.15, 0.2) is 0 Å². The third kappa shape index (κ3) is 5.33. The highest BCUT2D eigenvalue weighted by Gasteiger charge is 2.37. The van der Waals surface area contributed by atoms with Crippen LogP contribution in [0.25, 0.3) is 0 Å². The summed E-state index contributed by atoms with van der Waals surface area (Å²) in [6.45, 7) is 2.14. The van der Waals surface area contributed by atoms with Crippen LogP contribution in [-0.2, 0) is 28.8 Å². The molecule has 0 bridgehead atoms. The van der Waals surface area contributed by atoms with Crippen molar-refractivity contribution in [3.8, 4) is 0 Å². The van der Waals surface area contributed by atoms with E-state index in [4.69, 9.17) is 9.72 Å². The number of hydrogen-bond acceptors (Lipinski definition) is 5. The first-order chi connectivity index (χ1) is 16.7. The third-order valence-corrected chi connectivity index (χ3v) is 7.85. The number of aliphatic carboxylic acids is 1. The number of fused-ring (bicyclic) bond motifs is 1. The van der Waals surface area contributed by atoms with Crippen LogP contribution in [0.5, 0.6) is 0 Å². The molecule has 2 aromatic rings. The van der Waals surface area contributed by atoms with Crippen molar-refractivity contribution in [1.29, 1.82) is 0 Å². The molecular weight excluding hydrogens is 426 g/mol. The highest BCUT2D eigenvalue weighted by atomic mass is 16.5. The third-order valence-electron chi connectivity index (χ3n) is 7.85. The molecule has 182 valence electrons. The quantitative estimate of drug-likeness (QED) is 0.507. The van der Waals surface area contributed by atoms with Crippen LogP contribution in [0, 0.1) is 0 Å². The molecule has 1 saturated carbocycles. The van der Waals surface area contributed by atoms with Crippen molar-refractivity contribution in [2.24, 2.45) is 0 Å². The van der Waals surface area contributed by atoms with Gasteiger partial charge in [0.1, 0.15) is 6.04 Å². The van der Waals surface area contributed by atoms with Gasteiger partial charge in [0.2, 0.25) is 0 Å². The van der Waals surface area contributed by atoms with Crippen LogP contribution in [0.3, 0.4) is 0 Å². The van der Waals surface area contributed by atoms with Gasteiger partial charge in [-0.2, -0.15) is 0 Å². The summed E-state index contributed by atoms with van der Waals surface area (Å²) in [7, 11) is 0. The minimum absolute atomic E-state index is 0.104. The highest BCUT2D eigenvalue weighted by Crippen LogP contribution is 2.40. The Kier molecular flexibility index (Phi) is 7.55. The first-order valence-electron chi connectivity index (χ1n) is 13.2. The second kappa shape index (κ2) is 11.0. The lowest BCUT2D eigenvalue weighted by Crippen LogP contribution is -2.35. The summed E-state index contributed by atoms with van der Waals surface area (Å²) < 4.78 is 6.17.